The van der Waals surface area contributed by atoms with Gasteiger partial charge in [-0.25, -0.2) is 8.42 Å². The number of carbonyl (C=O) groups excluding carboxylic acids is 1. The van der Waals surface area contributed by atoms with Crippen molar-refractivity contribution >= 4 is 27.3 Å². The number of nitro benzene ring substituents is 1. The molecule has 0 aromatic heterocycles. The third kappa shape index (κ3) is 4.63. The van der Waals surface area contributed by atoms with Crippen LogP contribution in [0.5, 0.6) is 0 Å². The summed E-state index contributed by atoms with van der Waals surface area (Å²) in [6.07, 6.45) is 1.67. The molecule has 29 heavy (non-hydrogen) atoms. The number of nitrogens with zero attached hydrogens (tertiary/aromatic N) is 2. The van der Waals surface area contributed by atoms with Crippen molar-refractivity contribution in [2.24, 2.45) is 5.92 Å². The molecule has 1 heterocycles. The predicted molar refractivity (Wildman–Crippen MR) is 109 cm³/mol. The van der Waals surface area contributed by atoms with Crippen LogP contribution in [0, 0.1) is 23.0 Å². The maximum Gasteiger partial charge on any atom is 0.271 e. The zero-order chi connectivity index (χ0) is 21.2. The number of nitrogens with one attached hydrogen (secondary N) is 1. The summed E-state index contributed by atoms with van der Waals surface area (Å²) in [5.74, 6) is 0.0501. The molecule has 154 valence electrons. The van der Waals surface area contributed by atoms with Crippen LogP contribution in [-0.4, -0.2) is 36.6 Å². The van der Waals surface area contributed by atoms with Gasteiger partial charge in [-0.1, -0.05) is 13.0 Å². The lowest BCUT2D eigenvalue weighted by Crippen LogP contribution is -2.37. The first-order valence-corrected chi connectivity index (χ1v) is 10.8. The summed E-state index contributed by atoms with van der Waals surface area (Å²) in [5.41, 5.74) is 1.16. The molecule has 8 nitrogen and oxygen atoms in total. The number of amides is 1. The highest BCUT2D eigenvalue weighted by Gasteiger charge is 2.28. The summed E-state index contributed by atoms with van der Waals surface area (Å²) in [6.45, 7) is 4.84. The summed E-state index contributed by atoms with van der Waals surface area (Å²) >= 11 is 0. The summed E-state index contributed by atoms with van der Waals surface area (Å²) in [5, 5.41) is 13.6. The molecule has 1 fully saturated rings. The molecule has 3 rings (SSSR count). The van der Waals surface area contributed by atoms with Crippen LogP contribution in [-0.2, 0) is 10.0 Å². The van der Waals surface area contributed by atoms with Crippen LogP contribution in [0.2, 0.25) is 0 Å². The summed E-state index contributed by atoms with van der Waals surface area (Å²) < 4.78 is 27.0. The Kier molecular flexibility index (Phi) is 5.99. The Balaban J connectivity index is 1.75. The van der Waals surface area contributed by atoms with E-state index in [-0.39, 0.29) is 16.1 Å². The number of piperidine rings is 1. The van der Waals surface area contributed by atoms with Gasteiger partial charge in [0.05, 0.1) is 15.5 Å². The van der Waals surface area contributed by atoms with E-state index in [0.717, 1.165) is 12.8 Å². The maximum absolute atomic E-state index is 12.8. The van der Waals surface area contributed by atoms with Crippen molar-refractivity contribution in [3.8, 4) is 0 Å². The second-order valence-electron chi connectivity index (χ2n) is 7.32. The Morgan fingerprint density at radius 3 is 2.34 bits per heavy atom. The Morgan fingerprint density at radius 1 is 1.14 bits per heavy atom. The molecule has 0 aliphatic carbocycles. The van der Waals surface area contributed by atoms with E-state index in [1.807, 2.05) is 0 Å². The molecule has 2 aromatic carbocycles. The molecule has 0 bridgehead atoms. The van der Waals surface area contributed by atoms with Gasteiger partial charge >= 0.3 is 0 Å². The fourth-order valence-corrected chi connectivity index (χ4v) is 4.68. The van der Waals surface area contributed by atoms with Crippen molar-refractivity contribution in [3.63, 3.8) is 0 Å². The van der Waals surface area contributed by atoms with Crippen molar-refractivity contribution in [1.29, 1.82) is 0 Å². The number of rotatable bonds is 5. The highest BCUT2D eigenvalue weighted by atomic mass is 32.2. The number of aryl methyl sites for hydroxylation is 1. The zero-order valence-corrected chi connectivity index (χ0v) is 17.1. The van der Waals surface area contributed by atoms with Gasteiger partial charge in [0.25, 0.3) is 11.6 Å². The molecule has 0 atom stereocenters. The third-order valence-electron chi connectivity index (χ3n) is 5.18. The van der Waals surface area contributed by atoms with E-state index in [9.17, 15) is 23.3 Å². The molecule has 1 N–H and O–H groups in total. The quantitative estimate of drug-likeness (QED) is 0.591. The van der Waals surface area contributed by atoms with Crippen molar-refractivity contribution in [3.05, 3.63) is 63.7 Å². The van der Waals surface area contributed by atoms with E-state index in [2.05, 4.69) is 12.2 Å². The van der Waals surface area contributed by atoms with Crippen LogP contribution >= 0.6 is 0 Å². The SMILES string of the molecule is Cc1ccc([N+](=O)[O-])cc1NC(=O)c1ccc(S(=O)(=O)N2CCC(C)CC2)cc1. The Hall–Kier alpha value is -2.78. The van der Waals surface area contributed by atoms with Crippen LogP contribution in [0.3, 0.4) is 0 Å². The average Bonchev–Trinajstić information content (AvgIpc) is 2.70. The first-order chi connectivity index (χ1) is 13.7. The van der Waals surface area contributed by atoms with Crippen LogP contribution in [0.25, 0.3) is 0 Å². The van der Waals surface area contributed by atoms with E-state index in [4.69, 9.17) is 0 Å². The molecule has 0 spiro atoms. The minimum atomic E-state index is -3.58. The van der Waals surface area contributed by atoms with Gasteiger partial charge in [0.1, 0.15) is 0 Å². The largest absolute Gasteiger partial charge is 0.321 e. The van der Waals surface area contributed by atoms with Gasteiger partial charge in [0, 0.05) is 30.8 Å². The fourth-order valence-electron chi connectivity index (χ4n) is 3.21. The van der Waals surface area contributed by atoms with Crippen LogP contribution in [0.4, 0.5) is 11.4 Å². The molecule has 1 amide bonds. The van der Waals surface area contributed by atoms with Crippen LogP contribution in [0.15, 0.2) is 47.4 Å². The van der Waals surface area contributed by atoms with E-state index < -0.39 is 20.9 Å². The number of sulfonamides is 1. The standard InChI is InChI=1S/C20H23N3O5S/c1-14-9-11-22(12-10-14)29(27,28)18-7-4-16(5-8-18)20(24)21-19-13-17(23(25)26)6-3-15(19)2/h3-8,13-14H,9-12H2,1-2H3,(H,21,24). The predicted octanol–water partition coefficient (Wildman–Crippen LogP) is 3.58. The van der Waals surface area contributed by atoms with Gasteiger partial charge in [0.2, 0.25) is 10.0 Å². The summed E-state index contributed by atoms with van der Waals surface area (Å²) in [4.78, 5) is 23.1. The minimum Gasteiger partial charge on any atom is -0.321 e. The lowest BCUT2D eigenvalue weighted by Gasteiger charge is -2.29. The average molecular weight is 417 g/mol. The van der Waals surface area contributed by atoms with E-state index in [1.54, 1.807) is 13.0 Å². The lowest BCUT2D eigenvalue weighted by molar-refractivity contribution is -0.384. The highest BCUT2D eigenvalue weighted by Crippen LogP contribution is 2.25. The highest BCUT2D eigenvalue weighted by molar-refractivity contribution is 7.89. The monoisotopic (exact) mass is 417 g/mol. The second-order valence-corrected chi connectivity index (χ2v) is 9.26. The van der Waals surface area contributed by atoms with Gasteiger partial charge in [-0.15, -0.1) is 0 Å². The molecule has 0 radical (unpaired) electrons. The number of benzene rings is 2. The number of anilines is 1. The number of hydrogen-bond acceptors (Lipinski definition) is 5. The molecular formula is C20H23N3O5S. The minimum absolute atomic E-state index is 0.122. The van der Waals surface area contributed by atoms with E-state index in [0.29, 0.717) is 30.3 Å². The topological polar surface area (TPSA) is 110 Å². The number of hydrogen-bond donors (Lipinski definition) is 1. The lowest BCUT2D eigenvalue weighted by atomic mass is 10.0. The van der Waals surface area contributed by atoms with Gasteiger partial charge in [-0.05, 0) is 55.5 Å². The van der Waals surface area contributed by atoms with Gasteiger partial charge in [-0.3, -0.25) is 14.9 Å². The van der Waals surface area contributed by atoms with Crippen LogP contribution in [0.1, 0.15) is 35.7 Å². The second kappa shape index (κ2) is 8.30. The normalized spacial score (nSPS) is 15.8. The molecule has 1 saturated heterocycles. The third-order valence-corrected chi connectivity index (χ3v) is 7.09. The molecule has 2 aromatic rings. The van der Waals surface area contributed by atoms with Crippen molar-refractivity contribution in [2.45, 2.75) is 31.6 Å². The molecule has 0 saturated carbocycles. The van der Waals surface area contributed by atoms with E-state index in [1.165, 1.54) is 40.7 Å². The summed E-state index contributed by atoms with van der Waals surface area (Å²) in [7, 11) is -3.58. The Labute approximate surface area is 169 Å². The molecule has 0 unspecified atom stereocenters. The molecule has 9 heteroatoms. The maximum atomic E-state index is 12.8. The Bertz CT molecular complexity index is 1030. The zero-order valence-electron chi connectivity index (χ0n) is 16.3. The van der Waals surface area contributed by atoms with E-state index >= 15 is 0 Å². The van der Waals surface area contributed by atoms with Crippen molar-refractivity contribution in [2.75, 3.05) is 18.4 Å². The first kappa shape index (κ1) is 20.9. The Morgan fingerprint density at radius 2 is 1.76 bits per heavy atom. The number of nitro groups is 1. The molecule has 1 aliphatic heterocycles. The summed E-state index contributed by atoms with van der Waals surface area (Å²) in [6, 6.07) is 9.95. The number of non-ortho nitro benzene ring substituents is 1. The van der Waals surface area contributed by atoms with Gasteiger partial charge < -0.3 is 5.32 Å². The van der Waals surface area contributed by atoms with Crippen molar-refractivity contribution in [1.82, 2.24) is 4.31 Å². The fraction of sp³-hybridized carbons (Fsp3) is 0.350. The molecular weight excluding hydrogens is 394 g/mol. The van der Waals surface area contributed by atoms with Gasteiger partial charge in [0.15, 0.2) is 0 Å². The van der Waals surface area contributed by atoms with Gasteiger partial charge in [-0.2, -0.15) is 4.31 Å². The van der Waals surface area contributed by atoms with Crippen LogP contribution < -0.4 is 5.32 Å². The first-order valence-electron chi connectivity index (χ1n) is 9.35. The van der Waals surface area contributed by atoms with Crippen molar-refractivity contribution < 1.29 is 18.1 Å². The molecule has 1 aliphatic rings. The smallest absolute Gasteiger partial charge is 0.271 e. The number of carbonyl (C=O) groups is 1.